The molecule has 1 rings (SSSR count). The summed E-state index contributed by atoms with van der Waals surface area (Å²) in [6.45, 7) is 9.60. The van der Waals surface area contributed by atoms with E-state index < -0.39 is 0 Å². The second-order valence-corrected chi connectivity index (χ2v) is 4.88. The van der Waals surface area contributed by atoms with Crippen molar-refractivity contribution in [3.8, 4) is 0 Å². The van der Waals surface area contributed by atoms with E-state index >= 15 is 0 Å². The van der Waals surface area contributed by atoms with Gasteiger partial charge >= 0.3 is 0 Å². The summed E-state index contributed by atoms with van der Waals surface area (Å²) < 4.78 is 13.1. The Kier molecular flexibility index (Phi) is 4.94. The highest BCUT2D eigenvalue weighted by molar-refractivity contribution is 5.20. The van der Waals surface area contributed by atoms with Gasteiger partial charge in [-0.25, -0.2) is 4.39 Å². The number of hydrogen-bond donors (Lipinski definition) is 1. The van der Waals surface area contributed by atoms with Gasteiger partial charge < -0.3 is 5.32 Å². The summed E-state index contributed by atoms with van der Waals surface area (Å²) in [6, 6.07) is 7.41. The summed E-state index contributed by atoms with van der Waals surface area (Å²) in [5, 5.41) is 3.42. The van der Waals surface area contributed by atoms with Crippen molar-refractivity contribution < 1.29 is 4.39 Å². The van der Waals surface area contributed by atoms with Crippen molar-refractivity contribution in [3.05, 3.63) is 35.6 Å². The summed E-state index contributed by atoms with van der Waals surface area (Å²) in [6.07, 6.45) is 0. The fourth-order valence-electron chi connectivity index (χ4n) is 1.72. The van der Waals surface area contributed by atoms with E-state index in [1.165, 1.54) is 6.07 Å². The molecule has 0 spiro atoms. The minimum atomic E-state index is -0.145. The van der Waals surface area contributed by atoms with Crippen LogP contribution in [0.1, 0.15) is 39.2 Å². The zero-order valence-electron chi connectivity index (χ0n) is 10.6. The van der Waals surface area contributed by atoms with Gasteiger partial charge in [-0.3, -0.25) is 0 Å². The van der Waals surface area contributed by atoms with Crippen LogP contribution in [0, 0.1) is 11.7 Å². The van der Waals surface area contributed by atoms with Crippen LogP contribution in [0.15, 0.2) is 24.3 Å². The van der Waals surface area contributed by atoms with Crippen LogP contribution < -0.4 is 5.32 Å². The largest absolute Gasteiger partial charge is 0.314 e. The van der Waals surface area contributed by atoms with E-state index in [0.717, 1.165) is 12.1 Å². The molecule has 1 N–H and O–H groups in total. The molecule has 1 aromatic rings. The lowest BCUT2D eigenvalue weighted by atomic mass is 9.89. The number of hydrogen-bond acceptors (Lipinski definition) is 1. The van der Waals surface area contributed by atoms with Gasteiger partial charge in [0.15, 0.2) is 0 Å². The third kappa shape index (κ3) is 3.93. The third-order valence-electron chi connectivity index (χ3n) is 3.08. The van der Waals surface area contributed by atoms with Crippen molar-refractivity contribution in [1.29, 1.82) is 0 Å². The van der Waals surface area contributed by atoms with Crippen molar-refractivity contribution in [2.75, 3.05) is 6.54 Å². The summed E-state index contributed by atoms with van der Waals surface area (Å²) in [7, 11) is 0. The lowest BCUT2D eigenvalue weighted by Crippen LogP contribution is -2.29. The molecule has 1 aromatic carbocycles. The Bertz CT molecular complexity index is 322. The predicted molar refractivity (Wildman–Crippen MR) is 67.1 cm³/mol. The smallest absolute Gasteiger partial charge is 0.123 e. The van der Waals surface area contributed by atoms with Gasteiger partial charge in [-0.05, 0) is 36.1 Å². The van der Waals surface area contributed by atoms with Crippen LogP contribution in [-0.4, -0.2) is 12.6 Å². The van der Waals surface area contributed by atoms with Gasteiger partial charge in [0.1, 0.15) is 5.82 Å². The molecule has 0 heterocycles. The van der Waals surface area contributed by atoms with Crippen molar-refractivity contribution >= 4 is 0 Å². The van der Waals surface area contributed by atoms with Crippen LogP contribution in [0.4, 0.5) is 4.39 Å². The quantitative estimate of drug-likeness (QED) is 0.804. The van der Waals surface area contributed by atoms with Crippen LogP contribution in [0.25, 0.3) is 0 Å². The molecule has 0 bridgehead atoms. The SMILES string of the molecule is CC(C)NCC(C)C(C)c1cccc(F)c1. The molecule has 0 amide bonds. The van der Waals surface area contributed by atoms with Crippen molar-refractivity contribution in [3.63, 3.8) is 0 Å². The van der Waals surface area contributed by atoms with Crippen LogP contribution >= 0.6 is 0 Å². The maximum atomic E-state index is 13.1. The summed E-state index contributed by atoms with van der Waals surface area (Å²) in [5.41, 5.74) is 1.08. The van der Waals surface area contributed by atoms with E-state index in [1.807, 2.05) is 6.07 Å². The zero-order chi connectivity index (χ0) is 12.1. The molecule has 0 aromatic heterocycles. The van der Waals surface area contributed by atoms with E-state index in [-0.39, 0.29) is 5.82 Å². The first-order chi connectivity index (χ1) is 7.50. The number of rotatable bonds is 5. The monoisotopic (exact) mass is 223 g/mol. The van der Waals surface area contributed by atoms with E-state index in [0.29, 0.717) is 17.9 Å². The highest BCUT2D eigenvalue weighted by Gasteiger charge is 2.14. The molecule has 0 fully saturated rings. The molecule has 2 heteroatoms. The van der Waals surface area contributed by atoms with Gasteiger partial charge in [-0.2, -0.15) is 0 Å². The van der Waals surface area contributed by atoms with Crippen molar-refractivity contribution in [2.24, 2.45) is 5.92 Å². The van der Waals surface area contributed by atoms with E-state index in [9.17, 15) is 4.39 Å². The molecule has 0 radical (unpaired) electrons. The first kappa shape index (κ1) is 13.2. The van der Waals surface area contributed by atoms with Crippen LogP contribution in [0.2, 0.25) is 0 Å². The molecule has 90 valence electrons. The van der Waals surface area contributed by atoms with Crippen LogP contribution in [0.3, 0.4) is 0 Å². The maximum Gasteiger partial charge on any atom is 0.123 e. The first-order valence-electron chi connectivity index (χ1n) is 5.99. The Balaban J connectivity index is 2.59. The van der Waals surface area contributed by atoms with Gasteiger partial charge in [0, 0.05) is 6.04 Å². The Labute approximate surface area is 98.1 Å². The zero-order valence-corrected chi connectivity index (χ0v) is 10.6. The van der Waals surface area contributed by atoms with Crippen LogP contribution in [0.5, 0.6) is 0 Å². The highest BCUT2D eigenvalue weighted by atomic mass is 19.1. The molecule has 1 nitrogen and oxygen atoms in total. The Morgan fingerprint density at radius 2 is 1.88 bits per heavy atom. The average Bonchev–Trinajstić information content (AvgIpc) is 2.24. The molecular formula is C14H22FN. The fraction of sp³-hybridized carbons (Fsp3) is 0.571. The molecule has 0 aliphatic heterocycles. The van der Waals surface area contributed by atoms with Gasteiger partial charge in [0.25, 0.3) is 0 Å². The summed E-state index contributed by atoms with van der Waals surface area (Å²) >= 11 is 0. The second kappa shape index (κ2) is 6.00. The van der Waals surface area contributed by atoms with Gasteiger partial charge in [-0.1, -0.05) is 39.8 Å². The number of benzene rings is 1. The van der Waals surface area contributed by atoms with E-state index in [1.54, 1.807) is 12.1 Å². The molecule has 0 aliphatic rings. The average molecular weight is 223 g/mol. The maximum absolute atomic E-state index is 13.1. The van der Waals surface area contributed by atoms with Crippen LogP contribution in [-0.2, 0) is 0 Å². The molecule has 16 heavy (non-hydrogen) atoms. The standard InChI is InChI=1S/C14H22FN/c1-10(2)16-9-11(3)12(4)13-6-5-7-14(15)8-13/h5-8,10-12,16H,9H2,1-4H3. The van der Waals surface area contributed by atoms with Gasteiger partial charge in [0.2, 0.25) is 0 Å². The second-order valence-electron chi connectivity index (χ2n) is 4.88. The number of halogens is 1. The lowest BCUT2D eigenvalue weighted by molar-refractivity contribution is 0.425. The Hall–Kier alpha value is -0.890. The molecule has 0 saturated heterocycles. The Morgan fingerprint density at radius 3 is 2.44 bits per heavy atom. The third-order valence-corrected chi connectivity index (χ3v) is 3.08. The molecular weight excluding hydrogens is 201 g/mol. The number of nitrogens with one attached hydrogen (secondary N) is 1. The van der Waals surface area contributed by atoms with E-state index in [2.05, 4.69) is 33.0 Å². The highest BCUT2D eigenvalue weighted by Crippen LogP contribution is 2.24. The fourth-order valence-corrected chi connectivity index (χ4v) is 1.72. The van der Waals surface area contributed by atoms with Crippen molar-refractivity contribution in [2.45, 2.75) is 39.7 Å². The molecule has 2 atom stereocenters. The lowest BCUT2D eigenvalue weighted by Gasteiger charge is -2.22. The first-order valence-corrected chi connectivity index (χ1v) is 5.99. The van der Waals surface area contributed by atoms with Crippen molar-refractivity contribution in [1.82, 2.24) is 5.32 Å². The summed E-state index contributed by atoms with van der Waals surface area (Å²) in [4.78, 5) is 0. The van der Waals surface area contributed by atoms with E-state index in [4.69, 9.17) is 0 Å². The predicted octanol–water partition coefficient (Wildman–Crippen LogP) is 3.56. The topological polar surface area (TPSA) is 12.0 Å². The molecule has 0 aliphatic carbocycles. The molecule has 0 saturated carbocycles. The van der Waals surface area contributed by atoms with Gasteiger partial charge in [0.05, 0.1) is 0 Å². The normalized spacial score (nSPS) is 15.1. The molecule has 2 unspecified atom stereocenters. The van der Waals surface area contributed by atoms with Gasteiger partial charge in [-0.15, -0.1) is 0 Å². The minimum Gasteiger partial charge on any atom is -0.314 e. The minimum absolute atomic E-state index is 0.145. The Morgan fingerprint density at radius 1 is 1.19 bits per heavy atom. The summed E-state index contributed by atoms with van der Waals surface area (Å²) in [5.74, 6) is 0.736.